The van der Waals surface area contributed by atoms with E-state index in [-0.39, 0.29) is 6.10 Å². The number of rotatable bonds is 31. The highest BCUT2D eigenvalue weighted by atomic mass is 16.6. The molecule has 3 saturated carbocycles. The maximum atomic E-state index is 6.64. The van der Waals surface area contributed by atoms with Gasteiger partial charge in [0.05, 0.1) is 38.1 Å². The van der Waals surface area contributed by atoms with Crippen LogP contribution in [0.25, 0.3) is 0 Å². The summed E-state index contributed by atoms with van der Waals surface area (Å²) >= 11 is 0. The summed E-state index contributed by atoms with van der Waals surface area (Å²) in [5.74, 6) is 5.36. The fourth-order valence-corrected chi connectivity index (χ4v) is 13.5. The van der Waals surface area contributed by atoms with Gasteiger partial charge in [0, 0.05) is 33.4 Å². The Bertz CT molecular complexity index is 1220. The van der Waals surface area contributed by atoms with E-state index in [2.05, 4.69) is 64.7 Å². The van der Waals surface area contributed by atoms with Crippen molar-refractivity contribution in [3.05, 3.63) is 23.8 Å². The molecule has 4 fully saturated rings. The van der Waals surface area contributed by atoms with Gasteiger partial charge in [-0.15, -0.1) is 0 Å². The molecule has 0 N–H and O–H groups in total. The molecule has 5 heteroatoms. The lowest BCUT2D eigenvalue weighted by Crippen LogP contribution is -2.51. The van der Waals surface area contributed by atoms with Crippen molar-refractivity contribution in [1.82, 2.24) is 4.90 Å². The molecule has 0 aromatic rings. The number of allylic oxidation sites excluding steroid dienone is 3. The normalized spacial score (nSPS) is 31.7. The molecule has 5 nitrogen and oxygen atoms in total. The Kier molecular flexibility index (Phi) is 22.6. The van der Waals surface area contributed by atoms with Crippen LogP contribution in [0.4, 0.5) is 0 Å². The van der Waals surface area contributed by atoms with E-state index in [1.54, 1.807) is 5.57 Å². The molecule has 0 amide bonds. The van der Waals surface area contributed by atoms with E-state index >= 15 is 0 Å². The Morgan fingerprint density at radius 3 is 2.20 bits per heavy atom. The van der Waals surface area contributed by atoms with Crippen LogP contribution in [0.3, 0.4) is 0 Å². The van der Waals surface area contributed by atoms with Gasteiger partial charge in [0.2, 0.25) is 0 Å². The predicted molar refractivity (Wildman–Crippen MR) is 255 cm³/mol. The summed E-state index contributed by atoms with van der Waals surface area (Å²) in [6.07, 6.45) is 43.2. The largest absolute Gasteiger partial charge is 0.380 e. The second kappa shape index (κ2) is 26.9. The molecule has 60 heavy (non-hydrogen) atoms. The van der Waals surface area contributed by atoms with Crippen molar-refractivity contribution in [1.29, 1.82) is 0 Å². The second-order valence-corrected chi connectivity index (χ2v) is 21.9. The molecule has 0 spiro atoms. The second-order valence-electron chi connectivity index (χ2n) is 21.9. The molecule has 1 saturated heterocycles. The quantitative estimate of drug-likeness (QED) is 0.0514. The number of likely N-dealkylation sites (tertiary alicyclic amines) is 1. The fraction of sp³-hybridized carbons (Fsp3) is 0.927. The van der Waals surface area contributed by atoms with Gasteiger partial charge >= 0.3 is 0 Å². The number of unbranched alkanes of at least 4 members (excludes halogenated alkanes) is 12. The third-order valence-corrected chi connectivity index (χ3v) is 17.2. The number of fused-ring (bicyclic) bond motifs is 5. The first kappa shape index (κ1) is 50.3. The van der Waals surface area contributed by atoms with Crippen LogP contribution in [0.5, 0.6) is 0 Å². The molecule has 1 aliphatic heterocycles. The molecular weight excluding hydrogens is 739 g/mol. The summed E-state index contributed by atoms with van der Waals surface area (Å²) in [6, 6.07) is 0. The monoisotopic (exact) mass is 838 g/mol. The molecule has 0 aromatic carbocycles. The summed E-state index contributed by atoms with van der Waals surface area (Å²) in [7, 11) is 1.85. The molecule has 0 aromatic heterocycles. The number of ether oxygens (including phenoxy) is 4. The topological polar surface area (TPSA) is 40.2 Å². The van der Waals surface area contributed by atoms with Crippen molar-refractivity contribution in [2.24, 2.45) is 46.3 Å². The highest BCUT2D eigenvalue weighted by Crippen LogP contribution is 2.67. The molecule has 5 rings (SSSR count). The lowest BCUT2D eigenvalue weighted by Gasteiger charge is -2.58. The summed E-state index contributed by atoms with van der Waals surface area (Å²) in [6.45, 7) is 20.9. The Balaban J connectivity index is 0.966. The average molecular weight is 838 g/mol. The number of hydrogen-bond donors (Lipinski definition) is 0. The molecule has 0 radical (unpaired) electrons. The molecular formula is C55H99NO4. The van der Waals surface area contributed by atoms with Crippen molar-refractivity contribution in [2.75, 3.05) is 53.2 Å². The molecule has 1 heterocycles. The fourth-order valence-electron chi connectivity index (χ4n) is 13.5. The SMILES string of the molecule is CCCCCCCCC=CCCCCCCCCOCC(CN1CCC(OC)C1)OCCO[C@H]1CC[C@@]2(C)C(=CC[C@H]3[C@@H]4CC[C@H]([C@H](C)CCCC(C)C)[C@@]4(C)CC[C@@H]32)C1. The zero-order valence-electron chi connectivity index (χ0n) is 40.8. The molecule has 2 unspecified atom stereocenters. The summed E-state index contributed by atoms with van der Waals surface area (Å²) in [5.41, 5.74) is 2.68. The third-order valence-electron chi connectivity index (χ3n) is 17.2. The van der Waals surface area contributed by atoms with Crippen LogP contribution >= 0.6 is 0 Å². The van der Waals surface area contributed by atoms with Gasteiger partial charge in [0.1, 0.15) is 0 Å². The van der Waals surface area contributed by atoms with E-state index in [0.717, 1.165) is 81.0 Å². The smallest absolute Gasteiger partial charge is 0.0936 e. The van der Waals surface area contributed by atoms with Crippen LogP contribution < -0.4 is 0 Å². The minimum atomic E-state index is 0.0844. The van der Waals surface area contributed by atoms with Crippen molar-refractivity contribution in [2.45, 2.75) is 227 Å². The number of hydrogen-bond acceptors (Lipinski definition) is 5. The lowest BCUT2D eigenvalue weighted by molar-refractivity contribution is -0.0795. The first-order valence-electron chi connectivity index (χ1n) is 26.6. The summed E-state index contributed by atoms with van der Waals surface area (Å²) < 4.78 is 25.1. The molecule has 5 aliphatic rings. The maximum Gasteiger partial charge on any atom is 0.0936 e. The van der Waals surface area contributed by atoms with E-state index in [4.69, 9.17) is 18.9 Å². The van der Waals surface area contributed by atoms with Crippen molar-refractivity contribution in [3.63, 3.8) is 0 Å². The average Bonchev–Trinajstić information content (AvgIpc) is 3.85. The zero-order valence-corrected chi connectivity index (χ0v) is 40.8. The van der Waals surface area contributed by atoms with Crippen molar-refractivity contribution >= 4 is 0 Å². The van der Waals surface area contributed by atoms with E-state index in [1.165, 1.54) is 148 Å². The minimum absolute atomic E-state index is 0.0844. The van der Waals surface area contributed by atoms with E-state index in [1.807, 2.05) is 7.11 Å². The minimum Gasteiger partial charge on any atom is -0.380 e. The Hall–Kier alpha value is -0.720. The van der Waals surface area contributed by atoms with Crippen LogP contribution in [0.15, 0.2) is 23.8 Å². The van der Waals surface area contributed by atoms with E-state index in [9.17, 15) is 0 Å². The Morgan fingerprint density at radius 2 is 1.48 bits per heavy atom. The van der Waals surface area contributed by atoms with E-state index in [0.29, 0.717) is 42.9 Å². The van der Waals surface area contributed by atoms with Gasteiger partial charge in [0.25, 0.3) is 0 Å². The number of methoxy groups -OCH3 is 1. The van der Waals surface area contributed by atoms with Gasteiger partial charge in [0.15, 0.2) is 0 Å². The highest BCUT2D eigenvalue weighted by molar-refractivity contribution is 5.25. The van der Waals surface area contributed by atoms with Gasteiger partial charge in [-0.2, -0.15) is 0 Å². The van der Waals surface area contributed by atoms with Gasteiger partial charge in [-0.05, 0) is 136 Å². The first-order chi connectivity index (χ1) is 29.2. The predicted octanol–water partition coefficient (Wildman–Crippen LogP) is 14.6. The van der Waals surface area contributed by atoms with Crippen LogP contribution in [0.2, 0.25) is 0 Å². The van der Waals surface area contributed by atoms with Crippen LogP contribution in [-0.2, 0) is 18.9 Å². The summed E-state index contributed by atoms with van der Waals surface area (Å²) in [5, 5.41) is 0. The van der Waals surface area contributed by atoms with Crippen molar-refractivity contribution in [3.8, 4) is 0 Å². The van der Waals surface area contributed by atoms with Gasteiger partial charge < -0.3 is 18.9 Å². The standard InChI is InChI=1S/C55H99NO4/c1-8-9-10-11-12-13-14-15-16-17-18-19-20-21-22-23-37-58-43-49(42-56-36-33-48(41-56)57-7)60-39-38-59-47-31-34-54(5)46(40-47)27-28-50-52-30-29-51(45(4)26-24-25-44(2)3)55(52,6)35-32-53(50)54/h15-16,27,44-45,47-53H,8-14,17-26,28-43H2,1-7H3/t45-,47+,48?,49?,50+,51-,52+,53+,54+,55-/m1/s1. The molecule has 4 aliphatic carbocycles. The third kappa shape index (κ3) is 15.2. The molecule has 348 valence electrons. The highest BCUT2D eigenvalue weighted by Gasteiger charge is 2.59. The van der Waals surface area contributed by atoms with Crippen LogP contribution in [-0.4, -0.2) is 76.4 Å². The Labute approximate surface area is 372 Å². The zero-order chi connectivity index (χ0) is 42.6. The maximum absolute atomic E-state index is 6.64. The van der Waals surface area contributed by atoms with Crippen LogP contribution in [0.1, 0.15) is 208 Å². The van der Waals surface area contributed by atoms with Crippen LogP contribution in [0, 0.1) is 46.3 Å². The van der Waals surface area contributed by atoms with Gasteiger partial charge in [-0.1, -0.05) is 142 Å². The molecule has 10 atom stereocenters. The Morgan fingerprint density at radius 1 is 0.750 bits per heavy atom. The van der Waals surface area contributed by atoms with Gasteiger partial charge in [-0.25, -0.2) is 0 Å². The van der Waals surface area contributed by atoms with Crippen molar-refractivity contribution < 1.29 is 18.9 Å². The lowest BCUT2D eigenvalue weighted by atomic mass is 9.47. The van der Waals surface area contributed by atoms with E-state index < -0.39 is 0 Å². The molecule has 0 bridgehead atoms. The van der Waals surface area contributed by atoms with Gasteiger partial charge in [-0.3, -0.25) is 4.90 Å². The summed E-state index contributed by atoms with van der Waals surface area (Å²) in [4.78, 5) is 2.51. The first-order valence-corrected chi connectivity index (χ1v) is 26.6. The number of nitrogens with zero attached hydrogens (tertiary/aromatic N) is 1.